The molecule has 0 radical (unpaired) electrons. The van der Waals surface area contributed by atoms with E-state index in [0.717, 1.165) is 11.1 Å². The molecule has 7 nitrogen and oxygen atoms in total. The molecule has 2 aromatic carbocycles. The average molecular weight is 470 g/mol. The molecule has 8 heteroatoms. The third-order valence-corrected chi connectivity index (χ3v) is 4.73. The summed E-state index contributed by atoms with van der Waals surface area (Å²) < 4.78 is 5.70. The van der Waals surface area contributed by atoms with E-state index in [4.69, 9.17) is 4.42 Å². The summed E-state index contributed by atoms with van der Waals surface area (Å²) >= 11 is 3.16. The molecule has 0 aliphatic carbocycles. The topological polar surface area (TPSA) is 100 Å². The van der Waals surface area contributed by atoms with Gasteiger partial charge in [0.2, 0.25) is 5.91 Å². The van der Waals surface area contributed by atoms with Gasteiger partial charge < -0.3 is 20.4 Å². The van der Waals surface area contributed by atoms with Gasteiger partial charge in [-0.2, -0.15) is 0 Å². The van der Waals surface area contributed by atoms with Crippen LogP contribution < -0.4 is 16.0 Å². The maximum atomic E-state index is 12.2. The van der Waals surface area contributed by atoms with Gasteiger partial charge in [-0.25, -0.2) is 0 Å². The van der Waals surface area contributed by atoms with Crippen molar-refractivity contribution in [3.63, 3.8) is 0 Å². The first kappa shape index (κ1) is 21.3. The number of hydrogen-bond donors (Lipinski definition) is 3. The van der Waals surface area contributed by atoms with Crippen LogP contribution in [-0.4, -0.2) is 24.8 Å². The van der Waals surface area contributed by atoms with E-state index in [9.17, 15) is 14.4 Å². The Morgan fingerprint density at radius 3 is 2.13 bits per heavy atom. The molecule has 0 bridgehead atoms. The van der Waals surface area contributed by atoms with Crippen molar-refractivity contribution in [2.24, 2.45) is 0 Å². The molecule has 0 aliphatic heterocycles. The molecule has 1 heterocycles. The van der Waals surface area contributed by atoms with E-state index in [1.165, 1.54) is 0 Å². The average Bonchev–Trinajstić information content (AvgIpc) is 3.20. The van der Waals surface area contributed by atoms with Gasteiger partial charge in [0.25, 0.3) is 11.8 Å². The Labute approximate surface area is 182 Å². The lowest BCUT2D eigenvalue weighted by molar-refractivity contribution is -0.120. The molecule has 3 amide bonds. The quantitative estimate of drug-likeness (QED) is 0.492. The van der Waals surface area contributed by atoms with Gasteiger partial charge in [0.15, 0.2) is 10.4 Å². The molecule has 0 aliphatic rings. The number of nitrogens with one attached hydrogen (secondary N) is 3. The predicted molar refractivity (Wildman–Crippen MR) is 116 cm³/mol. The standard InChI is InChI=1S/C22H20BrN3O4/c1-24-21(28)16-6-2-15(3-7-16)13-25-20(27)12-14-4-8-17(9-5-14)26-22(29)18-10-11-19(23)30-18/h2-11H,12-13H2,1H3,(H,24,28)(H,25,27)(H,26,29). The van der Waals surface area contributed by atoms with Crippen molar-refractivity contribution < 1.29 is 18.8 Å². The largest absolute Gasteiger partial charge is 0.444 e. The molecule has 3 rings (SSSR count). The van der Waals surface area contributed by atoms with Gasteiger partial charge in [-0.1, -0.05) is 24.3 Å². The first-order valence-electron chi connectivity index (χ1n) is 9.18. The summed E-state index contributed by atoms with van der Waals surface area (Å²) in [5, 5.41) is 8.15. The van der Waals surface area contributed by atoms with Crippen molar-refractivity contribution >= 4 is 39.3 Å². The van der Waals surface area contributed by atoms with Gasteiger partial charge in [-0.05, 0) is 63.5 Å². The number of anilines is 1. The highest BCUT2D eigenvalue weighted by Gasteiger charge is 2.11. The van der Waals surface area contributed by atoms with Crippen molar-refractivity contribution in [2.45, 2.75) is 13.0 Å². The number of benzene rings is 2. The lowest BCUT2D eigenvalue weighted by Crippen LogP contribution is -2.24. The minimum atomic E-state index is -0.353. The summed E-state index contributed by atoms with van der Waals surface area (Å²) in [7, 11) is 1.58. The molecule has 0 spiro atoms. The summed E-state index contributed by atoms with van der Waals surface area (Å²) in [4.78, 5) is 35.8. The van der Waals surface area contributed by atoms with E-state index in [2.05, 4.69) is 31.9 Å². The number of hydrogen-bond acceptors (Lipinski definition) is 4. The van der Waals surface area contributed by atoms with Gasteiger partial charge in [-0.3, -0.25) is 14.4 Å². The SMILES string of the molecule is CNC(=O)c1ccc(CNC(=O)Cc2ccc(NC(=O)c3ccc(Br)o3)cc2)cc1. The van der Waals surface area contributed by atoms with E-state index in [1.807, 2.05) is 0 Å². The number of furan rings is 1. The van der Waals surface area contributed by atoms with Crippen molar-refractivity contribution in [1.29, 1.82) is 0 Å². The van der Waals surface area contributed by atoms with E-state index >= 15 is 0 Å². The molecule has 0 fully saturated rings. The van der Waals surface area contributed by atoms with Gasteiger partial charge in [-0.15, -0.1) is 0 Å². The van der Waals surface area contributed by atoms with Crippen LogP contribution >= 0.6 is 15.9 Å². The molecule has 0 unspecified atom stereocenters. The normalized spacial score (nSPS) is 10.3. The smallest absolute Gasteiger partial charge is 0.291 e. The van der Waals surface area contributed by atoms with Crippen molar-refractivity contribution in [1.82, 2.24) is 10.6 Å². The third kappa shape index (κ3) is 5.81. The zero-order chi connectivity index (χ0) is 21.5. The van der Waals surface area contributed by atoms with Gasteiger partial charge in [0.1, 0.15) is 0 Å². The number of amides is 3. The van der Waals surface area contributed by atoms with Crippen LogP contribution in [0.15, 0.2) is 69.8 Å². The van der Waals surface area contributed by atoms with E-state index < -0.39 is 0 Å². The maximum Gasteiger partial charge on any atom is 0.291 e. The molecule has 0 atom stereocenters. The van der Waals surface area contributed by atoms with E-state index in [1.54, 1.807) is 67.7 Å². The van der Waals surface area contributed by atoms with Crippen LogP contribution in [0.5, 0.6) is 0 Å². The lowest BCUT2D eigenvalue weighted by Gasteiger charge is -2.08. The fraction of sp³-hybridized carbons (Fsp3) is 0.136. The zero-order valence-electron chi connectivity index (χ0n) is 16.2. The highest BCUT2D eigenvalue weighted by atomic mass is 79.9. The Bertz CT molecular complexity index is 1040. The molecule has 3 N–H and O–H groups in total. The number of halogens is 1. The molecule has 154 valence electrons. The molecule has 0 saturated heterocycles. The van der Waals surface area contributed by atoms with Crippen LogP contribution in [0.1, 0.15) is 32.0 Å². The summed E-state index contributed by atoms with van der Waals surface area (Å²) in [6.07, 6.45) is 0.218. The highest BCUT2D eigenvalue weighted by Crippen LogP contribution is 2.16. The summed E-state index contributed by atoms with van der Waals surface area (Å²) in [5.41, 5.74) is 2.90. The van der Waals surface area contributed by atoms with Crippen molar-refractivity contribution in [2.75, 3.05) is 12.4 Å². The van der Waals surface area contributed by atoms with Crippen LogP contribution in [0.4, 0.5) is 5.69 Å². The Kier molecular flexibility index (Phi) is 7.03. The molecule has 3 aromatic rings. The first-order chi connectivity index (χ1) is 14.4. The Balaban J connectivity index is 1.48. The molecule has 0 saturated carbocycles. The summed E-state index contributed by atoms with van der Waals surface area (Å²) in [5.74, 6) is -0.424. The second-order valence-corrected chi connectivity index (χ2v) is 7.27. The Morgan fingerprint density at radius 1 is 0.867 bits per heavy atom. The van der Waals surface area contributed by atoms with Gasteiger partial charge in [0, 0.05) is 24.8 Å². The van der Waals surface area contributed by atoms with Crippen LogP contribution in [-0.2, 0) is 17.8 Å². The Morgan fingerprint density at radius 2 is 1.53 bits per heavy atom. The monoisotopic (exact) mass is 469 g/mol. The van der Waals surface area contributed by atoms with Gasteiger partial charge in [0.05, 0.1) is 6.42 Å². The van der Waals surface area contributed by atoms with Crippen molar-refractivity contribution in [3.05, 3.63) is 87.8 Å². The summed E-state index contributed by atoms with van der Waals surface area (Å²) in [6.45, 7) is 0.375. The van der Waals surface area contributed by atoms with Crippen LogP contribution in [0.2, 0.25) is 0 Å². The zero-order valence-corrected chi connectivity index (χ0v) is 17.8. The second-order valence-electron chi connectivity index (χ2n) is 6.48. The maximum absolute atomic E-state index is 12.2. The van der Waals surface area contributed by atoms with Gasteiger partial charge >= 0.3 is 0 Å². The molecule has 30 heavy (non-hydrogen) atoms. The number of rotatable bonds is 7. The minimum Gasteiger partial charge on any atom is -0.444 e. The number of carbonyl (C=O) groups excluding carboxylic acids is 3. The van der Waals surface area contributed by atoms with Crippen LogP contribution in [0.3, 0.4) is 0 Å². The van der Waals surface area contributed by atoms with E-state index in [-0.39, 0.29) is 29.9 Å². The number of carbonyl (C=O) groups is 3. The molecular formula is C22H20BrN3O4. The fourth-order valence-corrected chi connectivity index (χ4v) is 3.01. The predicted octanol–water partition coefficient (Wildman–Crippen LogP) is 3.51. The second kappa shape index (κ2) is 9.89. The van der Waals surface area contributed by atoms with E-state index in [0.29, 0.717) is 22.5 Å². The van der Waals surface area contributed by atoms with Crippen molar-refractivity contribution in [3.8, 4) is 0 Å². The lowest BCUT2D eigenvalue weighted by atomic mass is 10.1. The minimum absolute atomic E-state index is 0.123. The fourth-order valence-electron chi connectivity index (χ4n) is 2.70. The third-order valence-electron chi connectivity index (χ3n) is 4.31. The first-order valence-corrected chi connectivity index (χ1v) is 9.97. The molecule has 1 aromatic heterocycles. The Hall–Kier alpha value is -3.39. The summed E-state index contributed by atoms with van der Waals surface area (Å²) in [6, 6.07) is 17.3. The van der Waals surface area contributed by atoms with Crippen LogP contribution in [0.25, 0.3) is 0 Å². The highest BCUT2D eigenvalue weighted by molar-refractivity contribution is 9.10. The van der Waals surface area contributed by atoms with Crippen LogP contribution in [0, 0.1) is 0 Å². The molecular weight excluding hydrogens is 450 g/mol.